The Balaban J connectivity index is 1.22. The second-order valence-electron chi connectivity index (χ2n) is 7.94. The van der Waals surface area contributed by atoms with E-state index < -0.39 is 0 Å². The van der Waals surface area contributed by atoms with E-state index in [0.717, 1.165) is 38.5 Å². The molecule has 5 heteroatoms. The Morgan fingerprint density at radius 1 is 1.12 bits per heavy atom. The third-order valence-corrected chi connectivity index (χ3v) is 6.27. The Morgan fingerprint density at radius 3 is 2.81 bits per heavy atom. The molecule has 1 aromatic carbocycles. The van der Waals surface area contributed by atoms with Crippen LogP contribution in [-0.2, 0) is 4.74 Å². The molecule has 144 valence electrons. The molecule has 5 nitrogen and oxygen atoms in total. The Morgan fingerprint density at radius 2 is 1.96 bits per heavy atom. The second-order valence-corrected chi connectivity index (χ2v) is 7.94. The van der Waals surface area contributed by atoms with Crippen molar-refractivity contribution in [3.8, 4) is 5.75 Å². The Kier molecular flexibility index (Phi) is 5.98. The molecule has 3 aliphatic heterocycles. The summed E-state index contributed by atoms with van der Waals surface area (Å²) >= 11 is 0. The second kappa shape index (κ2) is 8.59. The lowest BCUT2D eigenvalue weighted by Gasteiger charge is -2.43. The molecule has 0 radical (unpaired) electrons. The van der Waals surface area contributed by atoms with Crippen molar-refractivity contribution in [2.45, 2.75) is 50.3 Å². The highest BCUT2D eigenvalue weighted by atomic mass is 16.5. The standard InChI is InChI=1S/C21H33N3O2/c1-25-21-8-3-2-7-20(21)23-12-9-17(10-13-23)22-14-19-15-24-11-5-4-6-18(24)16-26-19/h2-3,7-8,17-19,22H,4-6,9-16H2,1H3. The van der Waals surface area contributed by atoms with Gasteiger partial charge in [-0.1, -0.05) is 18.6 Å². The molecule has 3 fully saturated rings. The summed E-state index contributed by atoms with van der Waals surface area (Å²) < 4.78 is 11.6. The van der Waals surface area contributed by atoms with Gasteiger partial charge in [0.25, 0.3) is 0 Å². The van der Waals surface area contributed by atoms with Crippen LogP contribution in [0, 0.1) is 0 Å². The maximum atomic E-state index is 6.13. The summed E-state index contributed by atoms with van der Waals surface area (Å²) in [5.41, 5.74) is 1.22. The van der Waals surface area contributed by atoms with Crippen molar-refractivity contribution >= 4 is 5.69 Å². The van der Waals surface area contributed by atoms with Gasteiger partial charge in [0.15, 0.2) is 0 Å². The molecule has 2 unspecified atom stereocenters. The molecule has 0 aliphatic carbocycles. The van der Waals surface area contributed by atoms with Crippen molar-refractivity contribution in [3.05, 3.63) is 24.3 Å². The zero-order valence-electron chi connectivity index (χ0n) is 16.0. The Bertz CT molecular complexity index is 574. The highest BCUT2D eigenvalue weighted by Gasteiger charge is 2.31. The number of nitrogens with one attached hydrogen (secondary N) is 1. The lowest BCUT2D eigenvalue weighted by Crippen LogP contribution is -2.55. The number of anilines is 1. The van der Waals surface area contributed by atoms with E-state index in [4.69, 9.17) is 9.47 Å². The average Bonchev–Trinajstić information content (AvgIpc) is 2.72. The molecule has 26 heavy (non-hydrogen) atoms. The number of nitrogens with zero attached hydrogens (tertiary/aromatic N) is 2. The number of methoxy groups -OCH3 is 1. The number of hydrogen-bond acceptors (Lipinski definition) is 5. The smallest absolute Gasteiger partial charge is 0.142 e. The molecule has 1 aromatic rings. The number of hydrogen-bond donors (Lipinski definition) is 1. The first kappa shape index (κ1) is 18.1. The van der Waals surface area contributed by atoms with Crippen LogP contribution in [0.1, 0.15) is 32.1 Å². The summed E-state index contributed by atoms with van der Waals surface area (Å²) in [7, 11) is 1.75. The van der Waals surface area contributed by atoms with Gasteiger partial charge in [0, 0.05) is 38.3 Å². The van der Waals surface area contributed by atoms with Gasteiger partial charge in [0.1, 0.15) is 5.75 Å². The first-order valence-electron chi connectivity index (χ1n) is 10.3. The normalized spacial score (nSPS) is 28.0. The molecule has 3 aliphatic rings. The van der Waals surface area contributed by atoms with Gasteiger partial charge >= 0.3 is 0 Å². The molecule has 3 heterocycles. The molecule has 0 bridgehead atoms. The van der Waals surface area contributed by atoms with E-state index in [1.54, 1.807) is 7.11 Å². The number of para-hydroxylation sites is 2. The van der Waals surface area contributed by atoms with E-state index in [-0.39, 0.29) is 0 Å². The quantitative estimate of drug-likeness (QED) is 0.874. The van der Waals surface area contributed by atoms with Crippen LogP contribution in [0.5, 0.6) is 5.75 Å². The van der Waals surface area contributed by atoms with Gasteiger partial charge < -0.3 is 19.7 Å². The number of morpholine rings is 1. The fourth-order valence-corrected chi connectivity index (χ4v) is 4.69. The fraction of sp³-hybridized carbons (Fsp3) is 0.714. The van der Waals surface area contributed by atoms with Crippen LogP contribution in [0.25, 0.3) is 0 Å². The van der Waals surface area contributed by atoms with E-state index >= 15 is 0 Å². The zero-order chi connectivity index (χ0) is 17.8. The monoisotopic (exact) mass is 359 g/mol. The molecule has 3 saturated heterocycles. The number of ether oxygens (including phenoxy) is 2. The molecular formula is C21H33N3O2. The van der Waals surface area contributed by atoms with E-state index in [0.29, 0.717) is 18.2 Å². The van der Waals surface area contributed by atoms with Crippen LogP contribution >= 0.6 is 0 Å². The number of benzene rings is 1. The maximum Gasteiger partial charge on any atom is 0.142 e. The molecule has 2 atom stereocenters. The van der Waals surface area contributed by atoms with Gasteiger partial charge in [0.05, 0.1) is 25.5 Å². The van der Waals surface area contributed by atoms with E-state index in [2.05, 4.69) is 27.2 Å². The maximum absolute atomic E-state index is 6.13. The summed E-state index contributed by atoms with van der Waals surface area (Å²) in [5, 5.41) is 3.78. The topological polar surface area (TPSA) is 37.0 Å². The van der Waals surface area contributed by atoms with Gasteiger partial charge in [-0.3, -0.25) is 4.90 Å². The van der Waals surface area contributed by atoms with Crippen LogP contribution in [0.3, 0.4) is 0 Å². The van der Waals surface area contributed by atoms with Crippen LogP contribution in [0.4, 0.5) is 5.69 Å². The predicted molar refractivity (Wildman–Crippen MR) is 105 cm³/mol. The zero-order valence-corrected chi connectivity index (χ0v) is 16.0. The Labute approximate surface area is 157 Å². The van der Waals surface area contributed by atoms with E-state index in [9.17, 15) is 0 Å². The summed E-state index contributed by atoms with van der Waals surface area (Å²) in [6, 6.07) is 9.63. The van der Waals surface area contributed by atoms with Crippen LogP contribution in [0.2, 0.25) is 0 Å². The van der Waals surface area contributed by atoms with E-state index in [1.807, 2.05) is 12.1 Å². The predicted octanol–water partition coefficient (Wildman–Crippen LogP) is 2.51. The molecule has 1 N–H and O–H groups in total. The lowest BCUT2D eigenvalue weighted by atomic mass is 10.00. The summed E-state index contributed by atoms with van der Waals surface area (Å²) in [6.45, 7) is 6.45. The minimum Gasteiger partial charge on any atom is -0.495 e. The van der Waals surface area contributed by atoms with Crippen LogP contribution in [0.15, 0.2) is 24.3 Å². The summed E-state index contributed by atoms with van der Waals surface area (Å²) in [6.07, 6.45) is 6.77. The van der Waals surface area contributed by atoms with Crippen molar-refractivity contribution in [3.63, 3.8) is 0 Å². The van der Waals surface area contributed by atoms with Crippen molar-refractivity contribution < 1.29 is 9.47 Å². The van der Waals surface area contributed by atoms with Gasteiger partial charge in [-0.25, -0.2) is 0 Å². The molecule has 0 amide bonds. The Hall–Kier alpha value is -1.30. The van der Waals surface area contributed by atoms with E-state index in [1.165, 1.54) is 44.3 Å². The van der Waals surface area contributed by atoms with Gasteiger partial charge in [-0.2, -0.15) is 0 Å². The third-order valence-electron chi connectivity index (χ3n) is 6.27. The first-order chi connectivity index (χ1) is 12.8. The molecule has 0 spiro atoms. The van der Waals surface area contributed by atoms with Gasteiger partial charge in [0.2, 0.25) is 0 Å². The average molecular weight is 360 g/mol. The number of piperidine rings is 2. The molecular weight excluding hydrogens is 326 g/mol. The fourth-order valence-electron chi connectivity index (χ4n) is 4.69. The minimum atomic E-state index is 0.358. The van der Waals surface area contributed by atoms with Crippen molar-refractivity contribution in [1.29, 1.82) is 0 Å². The first-order valence-corrected chi connectivity index (χ1v) is 10.3. The van der Waals surface area contributed by atoms with Crippen molar-refractivity contribution in [2.24, 2.45) is 0 Å². The summed E-state index contributed by atoms with van der Waals surface area (Å²) in [4.78, 5) is 5.11. The van der Waals surface area contributed by atoms with Crippen LogP contribution in [-0.4, -0.2) is 69.5 Å². The van der Waals surface area contributed by atoms with Crippen LogP contribution < -0.4 is 15.0 Å². The molecule has 0 saturated carbocycles. The highest BCUT2D eigenvalue weighted by Crippen LogP contribution is 2.30. The highest BCUT2D eigenvalue weighted by molar-refractivity contribution is 5.58. The largest absolute Gasteiger partial charge is 0.495 e. The lowest BCUT2D eigenvalue weighted by molar-refractivity contribution is -0.0741. The third kappa shape index (κ3) is 4.16. The summed E-state index contributed by atoms with van der Waals surface area (Å²) in [5.74, 6) is 0.977. The number of rotatable bonds is 5. The molecule has 0 aromatic heterocycles. The van der Waals surface area contributed by atoms with Crippen molar-refractivity contribution in [1.82, 2.24) is 10.2 Å². The molecule has 4 rings (SSSR count). The minimum absolute atomic E-state index is 0.358. The van der Waals surface area contributed by atoms with Gasteiger partial charge in [-0.05, 0) is 44.4 Å². The van der Waals surface area contributed by atoms with Gasteiger partial charge in [-0.15, -0.1) is 0 Å². The van der Waals surface area contributed by atoms with Crippen molar-refractivity contribution in [2.75, 3.05) is 51.3 Å². The SMILES string of the molecule is COc1ccccc1N1CCC(NCC2CN3CCCCC3CO2)CC1. The number of fused-ring (bicyclic) bond motifs is 1.